The minimum absolute atomic E-state index is 0.121. The Hall–Kier alpha value is -2.93. The van der Waals surface area contributed by atoms with Crippen LogP contribution >= 0.6 is 0 Å². The van der Waals surface area contributed by atoms with Crippen molar-refractivity contribution in [3.8, 4) is 11.5 Å². The molecule has 1 aromatic heterocycles. The molecule has 6 nitrogen and oxygen atoms in total. The Morgan fingerprint density at radius 3 is 2.42 bits per heavy atom. The predicted octanol–water partition coefficient (Wildman–Crippen LogP) is 4.01. The molecule has 164 valence electrons. The van der Waals surface area contributed by atoms with Crippen LogP contribution in [0.2, 0.25) is 0 Å². The number of nitrogens with one attached hydrogen (secondary N) is 1. The Morgan fingerprint density at radius 1 is 1.06 bits per heavy atom. The molecule has 0 bridgehead atoms. The number of carbonyl (C=O) groups is 1. The highest BCUT2D eigenvalue weighted by molar-refractivity contribution is 7.91. The van der Waals surface area contributed by atoms with E-state index in [2.05, 4.69) is 10.3 Å². The van der Waals surface area contributed by atoms with Crippen LogP contribution in [0.15, 0.2) is 59.0 Å². The Morgan fingerprint density at radius 2 is 1.74 bits per heavy atom. The largest absolute Gasteiger partial charge is 0.441 e. The van der Waals surface area contributed by atoms with Gasteiger partial charge in [0.25, 0.3) is 0 Å². The molecule has 0 aliphatic carbocycles. The number of amides is 1. The zero-order valence-corrected chi connectivity index (χ0v) is 18.9. The second-order valence-electron chi connectivity index (χ2n) is 7.91. The van der Waals surface area contributed by atoms with Crippen LogP contribution in [0, 0.1) is 13.8 Å². The van der Waals surface area contributed by atoms with Gasteiger partial charge < -0.3 is 9.73 Å². The molecule has 3 rings (SSSR count). The maximum absolute atomic E-state index is 12.6. The van der Waals surface area contributed by atoms with E-state index in [1.807, 2.05) is 68.4 Å². The lowest BCUT2D eigenvalue weighted by molar-refractivity contribution is -0.119. The van der Waals surface area contributed by atoms with Crippen LogP contribution in [-0.2, 0) is 26.8 Å². The normalized spacial score (nSPS) is 12.5. The van der Waals surface area contributed by atoms with Gasteiger partial charge in [0, 0.05) is 11.6 Å². The monoisotopic (exact) mass is 440 g/mol. The fourth-order valence-electron chi connectivity index (χ4n) is 3.26. The molecule has 31 heavy (non-hydrogen) atoms. The number of rotatable bonds is 9. The molecular formula is C24H28N2O4S. The minimum atomic E-state index is -3.68. The molecule has 1 amide bonds. The first-order valence-corrected chi connectivity index (χ1v) is 12.1. The fraction of sp³-hybridized carbons (Fsp3) is 0.333. The second kappa shape index (κ2) is 9.92. The first-order chi connectivity index (χ1) is 14.7. The van der Waals surface area contributed by atoms with Gasteiger partial charge in [-0.1, -0.05) is 48.0 Å². The summed E-state index contributed by atoms with van der Waals surface area (Å²) in [5.41, 5.74) is 3.41. The number of aromatic nitrogens is 1. The topological polar surface area (TPSA) is 89.3 Å². The minimum Gasteiger partial charge on any atom is -0.441 e. The smallest absolute Gasteiger partial charge is 0.235 e. The molecule has 0 aliphatic heterocycles. The maximum atomic E-state index is 12.6. The van der Waals surface area contributed by atoms with Crippen molar-refractivity contribution in [2.75, 3.05) is 5.75 Å². The van der Waals surface area contributed by atoms with Crippen LogP contribution in [0.3, 0.4) is 0 Å². The van der Waals surface area contributed by atoms with E-state index in [0.29, 0.717) is 17.3 Å². The van der Waals surface area contributed by atoms with E-state index >= 15 is 0 Å². The summed E-state index contributed by atoms with van der Waals surface area (Å²) in [7, 11) is -3.68. The summed E-state index contributed by atoms with van der Waals surface area (Å²) in [6, 6.07) is 17.5. The number of carbonyl (C=O) groups excluding carboxylic acids is 1. The van der Waals surface area contributed by atoms with Gasteiger partial charge in [0.2, 0.25) is 11.8 Å². The van der Waals surface area contributed by atoms with E-state index in [4.69, 9.17) is 4.42 Å². The lowest BCUT2D eigenvalue weighted by atomic mass is 10.1. The zero-order chi connectivity index (χ0) is 22.4. The Labute approximate surface area is 183 Å². The number of hydrogen-bond acceptors (Lipinski definition) is 5. The van der Waals surface area contributed by atoms with Crippen molar-refractivity contribution >= 4 is 15.7 Å². The number of sulfone groups is 1. The summed E-state index contributed by atoms with van der Waals surface area (Å²) < 4.78 is 30.8. The molecule has 0 radical (unpaired) electrons. The number of nitrogens with zero attached hydrogens (tertiary/aromatic N) is 1. The van der Waals surface area contributed by atoms with Gasteiger partial charge in [0.05, 0.1) is 11.4 Å². The molecule has 0 saturated carbocycles. The third kappa shape index (κ3) is 6.79. The molecule has 0 fully saturated rings. The van der Waals surface area contributed by atoms with E-state index in [1.54, 1.807) is 6.92 Å². The maximum Gasteiger partial charge on any atom is 0.235 e. The van der Waals surface area contributed by atoms with Gasteiger partial charge in [-0.25, -0.2) is 13.4 Å². The molecule has 0 unspecified atom stereocenters. The number of oxazole rings is 1. The summed E-state index contributed by atoms with van der Waals surface area (Å²) in [6.45, 7) is 5.54. The third-order valence-electron chi connectivity index (χ3n) is 5.02. The third-order valence-corrected chi connectivity index (χ3v) is 6.43. The second-order valence-corrected chi connectivity index (χ2v) is 9.98. The van der Waals surface area contributed by atoms with E-state index in [1.165, 1.54) is 5.56 Å². The van der Waals surface area contributed by atoms with Crippen molar-refractivity contribution in [2.45, 2.75) is 45.4 Å². The van der Waals surface area contributed by atoms with Gasteiger partial charge in [0.1, 0.15) is 11.5 Å². The molecule has 1 atom stereocenters. The van der Waals surface area contributed by atoms with Gasteiger partial charge in [0.15, 0.2) is 9.84 Å². The zero-order valence-electron chi connectivity index (χ0n) is 18.1. The van der Waals surface area contributed by atoms with Gasteiger partial charge in [-0.15, -0.1) is 0 Å². The van der Waals surface area contributed by atoms with E-state index in [9.17, 15) is 13.2 Å². The molecule has 0 aliphatic rings. The Kier molecular flexibility index (Phi) is 7.28. The molecule has 1 heterocycles. The SMILES string of the molecule is Cc1ccc(-c2nc(CS(=O)(=O)CC(=O)N[C@H](C)CCc3ccccc3)c(C)o2)cc1. The van der Waals surface area contributed by atoms with Crippen LogP contribution in [-0.4, -0.2) is 31.1 Å². The van der Waals surface area contributed by atoms with Gasteiger partial charge in [-0.05, 0) is 51.3 Å². The van der Waals surface area contributed by atoms with Gasteiger partial charge in [-0.3, -0.25) is 4.79 Å². The first-order valence-electron chi connectivity index (χ1n) is 10.3. The lowest BCUT2D eigenvalue weighted by Crippen LogP contribution is -2.37. The van der Waals surface area contributed by atoms with Crippen molar-refractivity contribution in [3.05, 3.63) is 77.2 Å². The lowest BCUT2D eigenvalue weighted by Gasteiger charge is -2.14. The molecule has 0 saturated heterocycles. The number of benzene rings is 2. The van der Waals surface area contributed by atoms with Crippen molar-refractivity contribution in [1.82, 2.24) is 10.3 Å². The summed E-state index contributed by atoms with van der Waals surface area (Å²) in [5.74, 6) is -0.590. The van der Waals surface area contributed by atoms with Crippen LogP contribution in [0.1, 0.15) is 35.9 Å². The highest BCUT2D eigenvalue weighted by Gasteiger charge is 2.23. The summed E-state index contributed by atoms with van der Waals surface area (Å²) in [5, 5.41) is 2.78. The average Bonchev–Trinajstić information content (AvgIpc) is 3.06. The van der Waals surface area contributed by atoms with Crippen molar-refractivity contribution < 1.29 is 17.6 Å². The van der Waals surface area contributed by atoms with E-state index in [-0.39, 0.29) is 11.8 Å². The van der Waals surface area contributed by atoms with Gasteiger partial charge >= 0.3 is 0 Å². The number of aryl methyl sites for hydroxylation is 3. The fourth-order valence-corrected chi connectivity index (χ4v) is 4.53. The molecule has 7 heteroatoms. The molecule has 1 N–H and O–H groups in total. The first kappa shape index (κ1) is 22.7. The average molecular weight is 441 g/mol. The quantitative estimate of drug-likeness (QED) is 0.543. The van der Waals surface area contributed by atoms with Crippen LogP contribution in [0.5, 0.6) is 0 Å². The predicted molar refractivity (Wildman–Crippen MR) is 121 cm³/mol. The Bertz CT molecular complexity index is 1120. The van der Waals surface area contributed by atoms with E-state index < -0.39 is 21.5 Å². The Balaban J connectivity index is 1.55. The molecule has 0 spiro atoms. The van der Waals surface area contributed by atoms with Crippen LogP contribution < -0.4 is 5.32 Å². The highest BCUT2D eigenvalue weighted by atomic mass is 32.2. The van der Waals surface area contributed by atoms with E-state index in [0.717, 1.165) is 24.0 Å². The standard InChI is InChI=1S/C24H28N2O4S/c1-17-9-13-21(14-10-17)24-26-22(19(3)30-24)15-31(28,29)16-23(27)25-18(2)11-12-20-7-5-4-6-8-20/h4-10,13-14,18H,11-12,15-16H2,1-3H3,(H,25,27)/t18-/m1/s1. The molecule has 2 aromatic carbocycles. The van der Waals surface area contributed by atoms with Gasteiger partial charge in [-0.2, -0.15) is 0 Å². The van der Waals surface area contributed by atoms with Crippen LogP contribution in [0.4, 0.5) is 0 Å². The van der Waals surface area contributed by atoms with Crippen molar-refractivity contribution in [3.63, 3.8) is 0 Å². The summed E-state index contributed by atoms with van der Waals surface area (Å²) in [4.78, 5) is 16.6. The summed E-state index contributed by atoms with van der Waals surface area (Å²) in [6.07, 6.45) is 1.55. The van der Waals surface area contributed by atoms with Crippen molar-refractivity contribution in [2.24, 2.45) is 0 Å². The highest BCUT2D eigenvalue weighted by Crippen LogP contribution is 2.23. The molecular weight excluding hydrogens is 412 g/mol. The summed E-state index contributed by atoms with van der Waals surface area (Å²) >= 11 is 0. The van der Waals surface area contributed by atoms with Crippen LogP contribution in [0.25, 0.3) is 11.5 Å². The molecule has 3 aromatic rings. The van der Waals surface area contributed by atoms with Crippen molar-refractivity contribution in [1.29, 1.82) is 0 Å². The number of hydrogen-bond donors (Lipinski definition) is 1.